The summed E-state index contributed by atoms with van der Waals surface area (Å²) < 4.78 is 7.45. The molecular formula is C21H32N6O. The molecule has 0 amide bonds. The van der Waals surface area contributed by atoms with E-state index >= 15 is 0 Å². The lowest BCUT2D eigenvalue weighted by molar-refractivity contribution is 0.367. The van der Waals surface area contributed by atoms with E-state index in [4.69, 9.17) is 9.73 Å². The largest absolute Gasteiger partial charge is 0.495 e. The van der Waals surface area contributed by atoms with Crippen LogP contribution in [0.4, 0.5) is 5.69 Å². The van der Waals surface area contributed by atoms with Crippen LogP contribution in [-0.2, 0) is 13.6 Å². The van der Waals surface area contributed by atoms with E-state index < -0.39 is 0 Å². The summed E-state index contributed by atoms with van der Waals surface area (Å²) in [6.45, 7) is 11.5. The average molecular weight is 385 g/mol. The maximum atomic E-state index is 5.52. The van der Waals surface area contributed by atoms with E-state index in [-0.39, 0.29) is 0 Å². The Hall–Kier alpha value is -2.70. The van der Waals surface area contributed by atoms with Gasteiger partial charge in [-0.05, 0) is 32.9 Å². The van der Waals surface area contributed by atoms with Crippen LogP contribution in [-0.4, -0.2) is 60.5 Å². The fourth-order valence-electron chi connectivity index (χ4n) is 3.68. The molecule has 1 N–H and O–H groups in total. The minimum Gasteiger partial charge on any atom is -0.495 e. The van der Waals surface area contributed by atoms with Crippen LogP contribution in [0.15, 0.2) is 29.3 Å². The number of nitrogens with zero attached hydrogens (tertiary/aromatic N) is 5. The van der Waals surface area contributed by atoms with Crippen LogP contribution >= 0.6 is 0 Å². The Morgan fingerprint density at radius 1 is 1.18 bits per heavy atom. The molecule has 152 valence electrons. The number of anilines is 1. The van der Waals surface area contributed by atoms with Gasteiger partial charge in [0.1, 0.15) is 5.75 Å². The number of aromatic nitrogens is 2. The summed E-state index contributed by atoms with van der Waals surface area (Å²) in [6.07, 6.45) is 0. The smallest absolute Gasteiger partial charge is 0.194 e. The first kappa shape index (κ1) is 20.0. The highest BCUT2D eigenvalue weighted by Gasteiger charge is 2.22. The molecule has 7 heteroatoms. The Morgan fingerprint density at radius 3 is 2.50 bits per heavy atom. The highest BCUT2D eigenvalue weighted by atomic mass is 16.5. The minimum absolute atomic E-state index is 0.653. The topological polar surface area (TPSA) is 57.9 Å². The Balaban J connectivity index is 1.69. The van der Waals surface area contributed by atoms with E-state index in [0.717, 1.165) is 55.8 Å². The van der Waals surface area contributed by atoms with Crippen LogP contribution in [0, 0.1) is 13.8 Å². The fourth-order valence-corrected chi connectivity index (χ4v) is 3.68. The molecule has 0 radical (unpaired) electrons. The summed E-state index contributed by atoms with van der Waals surface area (Å²) >= 11 is 0. The lowest BCUT2D eigenvalue weighted by Crippen LogP contribution is -2.52. The second-order valence-corrected chi connectivity index (χ2v) is 7.09. The first-order chi connectivity index (χ1) is 13.5. The third kappa shape index (κ3) is 4.24. The van der Waals surface area contributed by atoms with Crippen LogP contribution in [0.25, 0.3) is 0 Å². The lowest BCUT2D eigenvalue weighted by atomic mass is 10.2. The Bertz CT molecular complexity index is 820. The molecule has 2 aromatic rings. The van der Waals surface area contributed by atoms with Crippen molar-refractivity contribution < 1.29 is 4.74 Å². The van der Waals surface area contributed by atoms with E-state index in [1.165, 1.54) is 11.3 Å². The third-order valence-electron chi connectivity index (χ3n) is 5.39. The van der Waals surface area contributed by atoms with Crippen molar-refractivity contribution in [2.45, 2.75) is 27.3 Å². The van der Waals surface area contributed by atoms with Crippen LogP contribution in [0.1, 0.15) is 23.9 Å². The number of hydrogen-bond acceptors (Lipinski definition) is 4. The van der Waals surface area contributed by atoms with Crippen molar-refractivity contribution in [3.05, 3.63) is 41.2 Å². The first-order valence-electron chi connectivity index (χ1n) is 9.95. The second-order valence-electron chi connectivity index (χ2n) is 7.09. The van der Waals surface area contributed by atoms with Gasteiger partial charge in [-0.3, -0.25) is 4.68 Å². The molecule has 1 fully saturated rings. The molecule has 1 aliphatic rings. The zero-order chi connectivity index (χ0) is 20.1. The normalized spacial score (nSPS) is 15.1. The van der Waals surface area contributed by atoms with E-state index in [1.54, 1.807) is 7.11 Å². The van der Waals surface area contributed by atoms with Crippen molar-refractivity contribution in [3.63, 3.8) is 0 Å². The number of aryl methyl sites for hydroxylation is 2. The maximum Gasteiger partial charge on any atom is 0.194 e. The number of piperazine rings is 1. The summed E-state index contributed by atoms with van der Waals surface area (Å²) in [5, 5.41) is 7.95. The molecule has 1 aromatic heterocycles. The fraction of sp³-hybridized carbons (Fsp3) is 0.524. The molecule has 3 rings (SSSR count). The molecule has 1 aliphatic heterocycles. The number of benzene rings is 1. The van der Waals surface area contributed by atoms with Crippen LogP contribution < -0.4 is 15.0 Å². The van der Waals surface area contributed by atoms with E-state index in [2.05, 4.69) is 53.1 Å². The van der Waals surface area contributed by atoms with Gasteiger partial charge >= 0.3 is 0 Å². The van der Waals surface area contributed by atoms with Gasteiger partial charge in [0.25, 0.3) is 0 Å². The van der Waals surface area contributed by atoms with E-state index in [9.17, 15) is 0 Å². The van der Waals surface area contributed by atoms with Crippen LogP contribution in [0.2, 0.25) is 0 Å². The molecule has 2 heterocycles. The Labute approximate surface area is 168 Å². The molecule has 0 aliphatic carbocycles. The average Bonchev–Trinajstić information content (AvgIpc) is 2.96. The molecule has 7 nitrogen and oxygen atoms in total. The van der Waals surface area contributed by atoms with E-state index in [1.807, 2.05) is 23.9 Å². The molecule has 0 unspecified atom stereocenters. The van der Waals surface area contributed by atoms with Gasteiger partial charge in [0.05, 0.1) is 25.0 Å². The number of guanidine groups is 1. The zero-order valence-electron chi connectivity index (χ0n) is 17.7. The van der Waals surface area contributed by atoms with Gasteiger partial charge in [0, 0.05) is 51.0 Å². The van der Waals surface area contributed by atoms with Crippen molar-refractivity contribution >= 4 is 11.6 Å². The molecule has 0 bridgehead atoms. The van der Waals surface area contributed by atoms with Gasteiger partial charge < -0.3 is 19.9 Å². The minimum atomic E-state index is 0.653. The molecule has 0 atom stereocenters. The quantitative estimate of drug-likeness (QED) is 0.633. The molecule has 1 saturated heterocycles. The predicted octanol–water partition coefficient (Wildman–Crippen LogP) is 2.33. The zero-order valence-corrected chi connectivity index (χ0v) is 17.7. The Kier molecular flexibility index (Phi) is 6.44. The van der Waals surface area contributed by atoms with Crippen LogP contribution in [0.5, 0.6) is 5.75 Å². The van der Waals surface area contributed by atoms with Crippen molar-refractivity contribution in [3.8, 4) is 5.75 Å². The summed E-state index contributed by atoms with van der Waals surface area (Å²) in [6, 6.07) is 8.22. The van der Waals surface area contributed by atoms with Crippen LogP contribution in [0.3, 0.4) is 0 Å². The van der Waals surface area contributed by atoms with Crippen molar-refractivity contribution in [1.82, 2.24) is 20.0 Å². The summed E-state index contributed by atoms with van der Waals surface area (Å²) in [5.74, 6) is 1.91. The first-order valence-corrected chi connectivity index (χ1v) is 9.95. The number of aliphatic imine (C=N–C) groups is 1. The molecule has 0 saturated carbocycles. The number of rotatable bonds is 5. The SMILES string of the molecule is CCNC(=NCc1c(C)nn(C)c1C)N1CCN(c2ccccc2OC)CC1. The predicted molar refractivity (Wildman–Crippen MR) is 114 cm³/mol. The lowest BCUT2D eigenvalue weighted by Gasteiger charge is -2.38. The van der Waals surface area contributed by atoms with Gasteiger partial charge in [0.15, 0.2) is 5.96 Å². The van der Waals surface area contributed by atoms with Gasteiger partial charge in [-0.25, -0.2) is 4.99 Å². The van der Waals surface area contributed by atoms with E-state index in [0.29, 0.717) is 6.54 Å². The van der Waals surface area contributed by atoms with Crippen molar-refractivity contribution in [1.29, 1.82) is 0 Å². The van der Waals surface area contributed by atoms with Gasteiger partial charge in [-0.15, -0.1) is 0 Å². The molecule has 1 aromatic carbocycles. The Morgan fingerprint density at radius 2 is 1.89 bits per heavy atom. The summed E-state index contributed by atoms with van der Waals surface area (Å²) in [5.41, 5.74) is 4.61. The molecular weight excluding hydrogens is 352 g/mol. The highest BCUT2D eigenvalue weighted by molar-refractivity contribution is 5.80. The van der Waals surface area contributed by atoms with Gasteiger partial charge in [0.2, 0.25) is 0 Å². The van der Waals surface area contributed by atoms with Crippen molar-refractivity contribution in [2.24, 2.45) is 12.0 Å². The van der Waals surface area contributed by atoms with Crippen molar-refractivity contribution in [2.75, 3.05) is 44.7 Å². The maximum absolute atomic E-state index is 5.52. The van der Waals surface area contributed by atoms with Gasteiger partial charge in [-0.2, -0.15) is 5.10 Å². The monoisotopic (exact) mass is 384 g/mol. The van der Waals surface area contributed by atoms with Gasteiger partial charge in [-0.1, -0.05) is 12.1 Å². The highest BCUT2D eigenvalue weighted by Crippen LogP contribution is 2.28. The second kappa shape index (κ2) is 8.99. The summed E-state index contributed by atoms with van der Waals surface area (Å²) in [4.78, 5) is 9.64. The third-order valence-corrected chi connectivity index (χ3v) is 5.39. The molecule has 28 heavy (non-hydrogen) atoms. The summed E-state index contributed by atoms with van der Waals surface area (Å²) in [7, 11) is 3.71. The number of hydrogen-bond donors (Lipinski definition) is 1. The number of methoxy groups -OCH3 is 1. The standard InChI is InChI=1S/C21H32N6O/c1-6-22-21(23-15-18-16(2)24-25(4)17(18)3)27-13-11-26(12-14-27)19-9-7-8-10-20(19)28-5/h7-10H,6,11-15H2,1-5H3,(H,22,23). The molecule has 0 spiro atoms. The number of para-hydroxylation sites is 2. The number of nitrogens with one attached hydrogen (secondary N) is 1. The number of ether oxygens (including phenoxy) is 1.